The van der Waals surface area contributed by atoms with Crippen molar-refractivity contribution in [1.82, 2.24) is 25.4 Å². The Kier molecular flexibility index (Phi) is 8.01. The highest BCUT2D eigenvalue weighted by Gasteiger charge is 2.16. The molecular formula is C17H32N6O. The van der Waals surface area contributed by atoms with Crippen LogP contribution in [-0.2, 0) is 18.3 Å². The molecule has 0 aliphatic heterocycles. The second kappa shape index (κ2) is 10.3. The van der Waals surface area contributed by atoms with Crippen molar-refractivity contribution in [2.24, 2.45) is 12.0 Å². The summed E-state index contributed by atoms with van der Waals surface area (Å²) in [7, 11) is 1.98. The molecular weight excluding hydrogens is 304 g/mol. The molecule has 1 heterocycles. The normalized spacial score (nSPS) is 15.9. The monoisotopic (exact) mass is 336 g/mol. The van der Waals surface area contributed by atoms with E-state index >= 15 is 0 Å². The van der Waals surface area contributed by atoms with Gasteiger partial charge in [-0.05, 0) is 39.5 Å². The van der Waals surface area contributed by atoms with Crippen LogP contribution >= 0.6 is 0 Å². The lowest BCUT2D eigenvalue weighted by atomic mass is 10.2. The van der Waals surface area contributed by atoms with E-state index in [0.717, 1.165) is 50.2 Å². The van der Waals surface area contributed by atoms with Crippen molar-refractivity contribution in [2.75, 3.05) is 19.8 Å². The molecule has 1 saturated carbocycles. The van der Waals surface area contributed by atoms with E-state index < -0.39 is 0 Å². The van der Waals surface area contributed by atoms with Crippen LogP contribution in [0.5, 0.6) is 0 Å². The number of aliphatic imine (C=N–C) groups is 1. The first-order valence-electron chi connectivity index (χ1n) is 9.18. The average molecular weight is 336 g/mol. The second-order valence-corrected chi connectivity index (χ2v) is 6.34. The first kappa shape index (κ1) is 18.7. The van der Waals surface area contributed by atoms with E-state index in [9.17, 15) is 0 Å². The molecule has 24 heavy (non-hydrogen) atoms. The first-order chi connectivity index (χ1) is 11.7. The molecule has 0 spiro atoms. The highest BCUT2D eigenvalue weighted by molar-refractivity contribution is 5.80. The molecule has 1 aliphatic rings. The topological polar surface area (TPSA) is 76.4 Å². The Morgan fingerprint density at radius 3 is 2.75 bits per heavy atom. The Balaban J connectivity index is 1.84. The quantitative estimate of drug-likeness (QED) is 0.409. The van der Waals surface area contributed by atoms with Crippen LogP contribution in [0.3, 0.4) is 0 Å². The number of guanidine groups is 1. The highest BCUT2D eigenvalue weighted by Crippen LogP contribution is 2.17. The molecule has 1 fully saturated rings. The lowest BCUT2D eigenvalue weighted by Crippen LogP contribution is -2.42. The van der Waals surface area contributed by atoms with Gasteiger partial charge in [0, 0.05) is 32.8 Å². The summed E-state index contributed by atoms with van der Waals surface area (Å²) in [5.74, 6) is 2.68. The Morgan fingerprint density at radius 2 is 2.08 bits per heavy atom. The molecule has 0 aromatic carbocycles. The van der Waals surface area contributed by atoms with Gasteiger partial charge in [0.15, 0.2) is 11.8 Å². The van der Waals surface area contributed by atoms with E-state index in [1.807, 2.05) is 25.5 Å². The summed E-state index contributed by atoms with van der Waals surface area (Å²) >= 11 is 0. The summed E-state index contributed by atoms with van der Waals surface area (Å²) < 4.78 is 7.36. The summed E-state index contributed by atoms with van der Waals surface area (Å²) in [6, 6.07) is 0.543. The molecule has 7 heteroatoms. The van der Waals surface area contributed by atoms with Crippen molar-refractivity contribution < 1.29 is 4.74 Å². The third-order valence-corrected chi connectivity index (χ3v) is 4.47. The molecule has 2 rings (SSSR count). The van der Waals surface area contributed by atoms with Crippen molar-refractivity contribution in [1.29, 1.82) is 0 Å². The third kappa shape index (κ3) is 6.11. The Bertz CT molecular complexity index is 507. The second-order valence-electron chi connectivity index (χ2n) is 6.34. The number of nitrogens with zero attached hydrogens (tertiary/aromatic N) is 4. The predicted molar refractivity (Wildman–Crippen MR) is 96.0 cm³/mol. The van der Waals surface area contributed by atoms with Crippen LogP contribution in [0.4, 0.5) is 0 Å². The summed E-state index contributed by atoms with van der Waals surface area (Å²) in [5, 5.41) is 15.3. The van der Waals surface area contributed by atoms with Gasteiger partial charge in [0.05, 0.1) is 0 Å². The molecule has 1 aromatic heterocycles. The maximum atomic E-state index is 5.38. The predicted octanol–water partition coefficient (Wildman–Crippen LogP) is 1.92. The Hall–Kier alpha value is -1.63. The van der Waals surface area contributed by atoms with Gasteiger partial charge in [0.1, 0.15) is 12.4 Å². The van der Waals surface area contributed by atoms with E-state index in [1.165, 1.54) is 25.7 Å². The number of unbranched alkanes of at least 4 members (excludes halogenated alkanes) is 1. The van der Waals surface area contributed by atoms with Crippen LogP contribution in [0.25, 0.3) is 0 Å². The van der Waals surface area contributed by atoms with Gasteiger partial charge in [-0.15, -0.1) is 10.2 Å². The molecule has 2 N–H and O–H groups in total. The SMILES string of the molecule is CCOCCCCNC(=NCc1nnc(C)n1C)NC1CCCC1. The van der Waals surface area contributed by atoms with E-state index in [1.54, 1.807) is 0 Å². The maximum Gasteiger partial charge on any atom is 0.191 e. The Labute approximate surface area is 145 Å². The molecule has 0 atom stereocenters. The van der Waals surface area contributed by atoms with Crippen LogP contribution in [0.15, 0.2) is 4.99 Å². The number of hydrogen-bond donors (Lipinski definition) is 2. The molecule has 7 nitrogen and oxygen atoms in total. The zero-order valence-electron chi connectivity index (χ0n) is 15.3. The molecule has 1 aromatic rings. The van der Waals surface area contributed by atoms with Gasteiger partial charge in [-0.25, -0.2) is 4.99 Å². The van der Waals surface area contributed by atoms with Gasteiger partial charge in [-0.1, -0.05) is 12.8 Å². The van der Waals surface area contributed by atoms with E-state index in [2.05, 4.69) is 20.8 Å². The number of ether oxygens (including phenoxy) is 1. The van der Waals surface area contributed by atoms with Crippen LogP contribution < -0.4 is 10.6 Å². The molecule has 0 saturated heterocycles. The molecule has 0 unspecified atom stereocenters. The lowest BCUT2D eigenvalue weighted by molar-refractivity contribution is 0.143. The fourth-order valence-electron chi connectivity index (χ4n) is 2.83. The third-order valence-electron chi connectivity index (χ3n) is 4.47. The lowest BCUT2D eigenvalue weighted by Gasteiger charge is -2.17. The van der Waals surface area contributed by atoms with Crippen molar-refractivity contribution in [2.45, 2.75) is 65.0 Å². The van der Waals surface area contributed by atoms with Gasteiger partial charge in [-0.3, -0.25) is 0 Å². The van der Waals surface area contributed by atoms with Crippen LogP contribution in [0.2, 0.25) is 0 Å². The minimum atomic E-state index is 0.540. The molecule has 1 aliphatic carbocycles. The Morgan fingerprint density at radius 1 is 1.29 bits per heavy atom. The zero-order valence-corrected chi connectivity index (χ0v) is 15.3. The fraction of sp³-hybridized carbons (Fsp3) is 0.824. The minimum Gasteiger partial charge on any atom is -0.382 e. The highest BCUT2D eigenvalue weighted by atomic mass is 16.5. The fourth-order valence-corrected chi connectivity index (χ4v) is 2.83. The van der Waals surface area contributed by atoms with Gasteiger partial charge < -0.3 is 19.9 Å². The number of hydrogen-bond acceptors (Lipinski definition) is 4. The zero-order chi connectivity index (χ0) is 17.2. The number of aryl methyl sites for hydroxylation is 1. The number of aromatic nitrogens is 3. The van der Waals surface area contributed by atoms with Crippen molar-refractivity contribution in [3.63, 3.8) is 0 Å². The smallest absolute Gasteiger partial charge is 0.191 e. The maximum absolute atomic E-state index is 5.38. The number of rotatable bonds is 9. The van der Waals surface area contributed by atoms with Gasteiger partial charge in [0.25, 0.3) is 0 Å². The van der Waals surface area contributed by atoms with Crippen LogP contribution in [0, 0.1) is 6.92 Å². The average Bonchev–Trinajstić information content (AvgIpc) is 3.20. The molecule has 0 radical (unpaired) electrons. The van der Waals surface area contributed by atoms with Gasteiger partial charge >= 0.3 is 0 Å². The largest absolute Gasteiger partial charge is 0.382 e. The van der Waals surface area contributed by atoms with Crippen molar-refractivity contribution >= 4 is 5.96 Å². The summed E-state index contributed by atoms with van der Waals surface area (Å²) in [4.78, 5) is 4.71. The molecule has 136 valence electrons. The van der Waals surface area contributed by atoms with Crippen molar-refractivity contribution in [3.8, 4) is 0 Å². The summed E-state index contributed by atoms with van der Waals surface area (Å²) in [5.41, 5.74) is 0. The first-order valence-corrected chi connectivity index (χ1v) is 9.18. The van der Waals surface area contributed by atoms with Gasteiger partial charge in [-0.2, -0.15) is 0 Å². The van der Waals surface area contributed by atoms with E-state index in [0.29, 0.717) is 12.6 Å². The summed E-state index contributed by atoms with van der Waals surface area (Å²) in [6.07, 6.45) is 7.22. The summed E-state index contributed by atoms with van der Waals surface area (Å²) in [6.45, 7) is 7.05. The van der Waals surface area contributed by atoms with Crippen LogP contribution in [-0.4, -0.2) is 46.5 Å². The number of nitrogens with one attached hydrogen (secondary N) is 2. The molecule has 0 bridgehead atoms. The van der Waals surface area contributed by atoms with E-state index in [4.69, 9.17) is 9.73 Å². The van der Waals surface area contributed by atoms with E-state index in [-0.39, 0.29) is 0 Å². The standard InChI is InChI=1S/C17H32N6O/c1-4-24-12-8-7-11-18-17(20-15-9-5-6-10-15)19-13-16-22-21-14(2)23(16)3/h15H,4-13H2,1-3H3,(H2,18,19,20). The van der Waals surface area contributed by atoms with Crippen molar-refractivity contribution in [3.05, 3.63) is 11.6 Å². The minimum absolute atomic E-state index is 0.540. The van der Waals surface area contributed by atoms with Gasteiger partial charge in [0.2, 0.25) is 0 Å². The molecule has 0 amide bonds. The van der Waals surface area contributed by atoms with Crippen LogP contribution in [0.1, 0.15) is 57.1 Å².